The van der Waals surface area contributed by atoms with Crippen molar-refractivity contribution in [3.05, 3.63) is 155 Å². The van der Waals surface area contributed by atoms with Gasteiger partial charge in [0.2, 0.25) is 24.6 Å². The lowest BCUT2D eigenvalue weighted by Gasteiger charge is -2.32. The van der Waals surface area contributed by atoms with Crippen molar-refractivity contribution in [1.29, 1.82) is 0 Å². The molecule has 506 valence electrons. The standard InChI is InChI=1S/C68H87N8O17P/c1-7-13-17-27-55(57(9-3)75(45-77)88-39-47-23-19-15-20-24-47)65(81)69-41-71-67(83)61-31-29-59(92-61)49-33-51(37-53(35-49)86-11-5)63(79)73-43-90-94(85)91-44-74-64(80)52-34-50(36-54(38-52)87-12-6)60-30-32-62(93-60)68(84)72-42-70-66(82)56(28-18-14-8-2)58(10-4)76(46-78)89-40-48-25-21-16-22-26-48/h15-16,19-26,29-38,45-46,55-58,94H,7-14,17-18,27-28,39-44H2,1-6H3,(H,69,81)(H,70,82)(H,71,83)(H,72,84)(H,73,79)(H,74,80)/t55-,56-,57-,58-/m1/s1. The van der Waals surface area contributed by atoms with E-state index in [1.165, 1.54) is 58.7 Å². The number of carbonyl (C=O) groups excluding carboxylic acids is 8. The van der Waals surface area contributed by atoms with E-state index in [4.69, 9.17) is 37.0 Å². The van der Waals surface area contributed by atoms with Crippen molar-refractivity contribution in [3.8, 4) is 34.1 Å². The van der Waals surface area contributed by atoms with Gasteiger partial charge in [0.05, 0.1) is 50.5 Å². The fourth-order valence-electron chi connectivity index (χ4n) is 10.3. The number of amides is 8. The van der Waals surface area contributed by atoms with E-state index in [1.54, 1.807) is 26.0 Å². The minimum atomic E-state index is -3.29. The Bertz CT molecular complexity index is 3180. The fourth-order valence-corrected chi connectivity index (χ4v) is 10.7. The van der Waals surface area contributed by atoms with Crippen molar-refractivity contribution in [2.45, 2.75) is 131 Å². The van der Waals surface area contributed by atoms with Gasteiger partial charge < -0.3 is 50.2 Å². The zero-order valence-corrected chi connectivity index (χ0v) is 55.1. The molecule has 0 fully saturated rings. The average Bonchev–Trinajstić information content (AvgIpc) is 1.66. The van der Waals surface area contributed by atoms with Crippen LogP contribution in [0.1, 0.15) is 159 Å². The summed E-state index contributed by atoms with van der Waals surface area (Å²) in [6.07, 6.45) is 8.16. The summed E-state index contributed by atoms with van der Waals surface area (Å²) >= 11 is 0. The molecule has 0 bridgehead atoms. The van der Waals surface area contributed by atoms with Gasteiger partial charge in [-0.3, -0.25) is 61.6 Å². The summed E-state index contributed by atoms with van der Waals surface area (Å²) < 4.78 is 46.6. The van der Waals surface area contributed by atoms with Crippen LogP contribution in [0.4, 0.5) is 0 Å². The Morgan fingerprint density at radius 3 is 1.26 bits per heavy atom. The SMILES string of the molecule is CCCCC[C@@H](C(=O)NCNC(=O)c1ccc(-c2cc(OCC)cc(C(=O)NCO[PH](=O)OCNC(=O)c3cc(OCC)cc(-c4ccc(C(=O)NCNC(=O)[C@H](CCCCC)[C@@H](CC)N(C=O)OCc5ccccc5)o4)c3)c2)o1)[C@@H](CC)N(C=O)OCc1ccccc1. The quantitative estimate of drug-likeness (QED) is 0.00681. The molecule has 0 aliphatic heterocycles. The Morgan fingerprint density at radius 2 is 0.894 bits per heavy atom. The lowest BCUT2D eigenvalue weighted by Crippen LogP contribution is -2.48. The zero-order chi connectivity index (χ0) is 67.6. The van der Waals surface area contributed by atoms with E-state index in [1.807, 2.05) is 74.5 Å². The lowest BCUT2D eigenvalue weighted by atomic mass is 9.90. The van der Waals surface area contributed by atoms with Gasteiger partial charge in [-0.05, 0) is 111 Å². The second-order valence-electron chi connectivity index (χ2n) is 21.6. The monoisotopic (exact) mass is 1320 g/mol. The van der Waals surface area contributed by atoms with E-state index in [0.29, 0.717) is 61.1 Å². The molecule has 8 amide bonds. The third-order valence-corrected chi connectivity index (χ3v) is 15.8. The summed E-state index contributed by atoms with van der Waals surface area (Å²) in [5, 5.41) is 18.3. The molecular formula is C68H87N8O17P. The highest BCUT2D eigenvalue weighted by Gasteiger charge is 2.34. The molecule has 0 aliphatic rings. The number of ether oxygens (including phenoxy) is 2. The number of carbonyl (C=O) groups is 8. The van der Waals surface area contributed by atoms with Gasteiger partial charge in [-0.15, -0.1) is 0 Å². The highest BCUT2D eigenvalue weighted by atomic mass is 31.1. The Labute approximate surface area is 548 Å². The number of nitrogens with one attached hydrogen (secondary N) is 6. The van der Waals surface area contributed by atoms with Crippen LogP contribution in [0.3, 0.4) is 0 Å². The summed E-state index contributed by atoms with van der Waals surface area (Å²) in [6, 6.07) is 32.7. The van der Waals surface area contributed by atoms with Gasteiger partial charge in [-0.2, -0.15) is 0 Å². The van der Waals surface area contributed by atoms with Crippen LogP contribution in [0.5, 0.6) is 11.5 Å². The van der Waals surface area contributed by atoms with Crippen LogP contribution in [-0.2, 0) is 55.7 Å². The van der Waals surface area contributed by atoms with Gasteiger partial charge in [-0.1, -0.05) is 127 Å². The van der Waals surface area contributed by atoms with Crippen LogP contribution in [0, 0.1) is 11.8 Å². The fraction of sp³-hybridized carbons (Fsp3) is 0.412. The molecule has 0 spiro atoms. The first-order valence-electron chi connectivity index (χ1n) is 31.7. The number of hydrogen-bond donors (Lipinski definition) is 6. The third-order valence-electron chi connectivity index (χ3n) is 15.0. The summed E-state index contributed by atoms with van der Waals surface area (Å²) in [6.45, 7) is 10.6. The minimum Gasteiger partial charge on any atom is -0.494 e. The Balaban J connectivity index is 0.974. The average molecular weight is 1320 g/mol. The molecule has 6 N–H and O–H groups in total. The second-order valence-corrected chi connectivity index (χ2v) is 22.7. The minimum absolute atomic E-state index is 0.0863. The molecule has 0 aliphatic carbocycles. The van der Waals surface area contributed by atoms with Crippen molar-refractivity contribution in [1.82, 2.24) is 42.0 Å². The van der Waals surface area contributed by atoms with Gasteiger partial charge in [0.15, 0.2) is 11.5 Å². The van der Waals surface area contributed by atoms with Crippen molar-refractivity contribution in [2.75, 3.05) is 40.0 Å². The highest BCUT2D eigenvalue weighted by molar-refractivity contribution is 7.33. The van der Waals surface area contributed by atoms with Gasteiger partial charge in [0.25, 0.3) is 23.6 Å². The third kappa shape index (κ3) is 23.2. The zero-order valence-electron chi connectivity index (χ0n) is 54.1. The van der Waals surface area contributed by atoms with E-state index in [2.05, 4.69) is 45.7 Å². The summed E-state index contributed by atoms with van der Waals surface area (Å²) in [5.41, 5.74) is 2.68. The number of hydrogen-bond acceptors (Lipinski definition) is 17. The maximum absolute atomic E-state index is 13.7. The smallest absolute Gasteiger partial charge is 0.322 e. The summed E-state index contributed by atoms with van der Waals surface area (Å²) in [4.78, 5) is 117. The molecule has 25 nitrogen and oxygen atoms in total. The molecule has 6 rings (SSSR count). The molecule has 2 heterocycles. The molecule has 6 aromatic rings. The van der Waals surface area contributed by atoms with Crippen LogP contribution in [0.2, 0.25) is 0 Å². The van der Waals surface area contributed by atoms with Crippen molar-refractivity contribution < 1.29 is 80.0 Å². The number of unbranched alkanes of at least 4 members (excludes halogenated alkanes) is 4. The predicted octanol–water partition coefficient (Wildman–Crippen LogP) is 10.2. The van der Waals surface area contributed by atoms with E-state index in [-0.39, 0.29) is 85.7 Å². The summed E-state index contributed by atoms with van der Waals surface area (Å²) in [7, 11) is -3.29. The number of rotatable bonds is 44. The van der Waals surface area contributed by atoms with Gasteiger partial charge in [0.1, 0.15) is 49.7 Å². The maximum atomic E-state index is 13.7. The van der Waals surface area contributed by atoms with Gasteiger partial charge in [0, 0.05) is 22.3 Å². The van der Waals surface area contributed by atoms with E-state index in [9.17, 15) is 42.9 Å². The first kappa shape index (κ1) is 73.9. The topological polar surface area (TPSA) is 314 Å². The predicted molar refractivity (Wildman–Crippen MR) is 349 cm³/mol. The van der Waals surface area contributed by atoms with Crippen molar-refractivity contribution >= 4 is 56.5 Å². The second kappa shape index (κ2) is 40.1. The molecule has 4 atom stereocenters. The number of benzene rings is 4. The first-order valence-corrected chi connectivity index (χ1v) is 32.9. The van der Waals surface area contributed by atoms with E-state index >= 15 is 0 Å². The Kier molecular flexibility index (Phi) is 31.5. The van der Waals surface area contributed by atoms with E-state index < -0.39 is 69.3 Å². The highest BCUT2D eigenvalue weighted by Crippen LogP contribution is 2.31. The summed E-state index contributed by atoms with van der Waals surface area (Å²) in [5.74, 6) is -3.69. The van der Waals surface area contributed by atoms with Crippen LogP contribution in [0.15, 0.2) is 130 Å². The molecule has 4 aromatic carbocycles. The first-order chi connectivity index (χ1) is 45.7. The van der Waals surface area contributed by atoms with Gasteiger partial charge >= 0.3 is 8.25 Å². The number of hydroxylamine groups is 4. The number of furan rings is 2. The Hall–Kier alpha value is -9.13. The molecule has 0 unspecified atom stereocenters. The van der Waals surface area contributed by atoms with Crippen LogP contribution < -0.4 is 41.4 Å². The van der Waals surface area contributed by atoms with Crippen LogP contribution in [0.25, 0.3) is 22.6 Å². The normalized spacial score (nSPS) is 12.3. The van der Waals surface area contributed by atoms with Crippen molar-refractivity contribution in [2.24, 2.45) is 11.8 Å². The molecule has 0 radical (unpaired) electrons. The van der Waals surface area contributed by atoms with Gasteiger partial charge in [-0.25, -0.2) is 10.1 Å². The maximum Gasteiger partial charge on any atom is 0.322 e. The molecule has 2 aromatic heterocycles. The largest absolute Gasteiger partial charge is 0.494 e. The van der Waals surface area contributed by atoms with Crippen LogP contribution in [-0.4, -0.2) is 110 Å². The van der Waals surface area contributed by atoms with Crippen LogP contribution >= 0.6 is 8.25 Å². The van der Waals surface area contributed by atoms with E-state index in [0.717, 1.165) is 49.7 Å². The Morgan fingerprint density at radius 1 is 0.489 bits per heavy atom. The van der Waals surface area contributed by atoms with Crippen molar-refractivity contribution in [3.63, 3.8) is 0 Å². The lowest BCUT2D eigenvalue weighted by molar-refractivity contribution is -0.200. The molecule has 0 saturated carbocycles. The molecular weight excluding hydrogens is 1230 g/mol. The molecule has 26 heteroatoms. The number of nitrogens with zero attached hydrogens (tertiary/aromatic N) is 2. The molecule has 94 heavy (non-hydrogen) atoms. The molecule has 0 saturated heterocycles.